The molecule has 0 aliphatic rings. The number of hydrogen-bond acceptors (Lipinski definition) is 4. The number of halogens is 1. The van der Waals surface area contributed by atoms with Crippen LogP contribution in [0.1, 0.15) is 31.7 Å². The summed E-state index contributed by atoms with van der Waals surface area (Å²) in [5, 5.41) is 9.10. The molecule has 0 amide bonds. The second-order valence-electron chi connectivity index (χ2n) is 4.86. The number of nitrogens with one attached hydrogen (secondary N) is 1. The lowest BCUT2D eigenvalue weighted by atomic mass is 10.1. The molecule has 0 spiro atoms. The van der Waals surface area contributed by atoms with Crippen molar-refractivity contribution in [2.24, 2.45) is 0 Å². The van der Waals surface area contributed by atoms with Gasteiger partial charge in [0, 0.05) is 5.56 Å². The van der Waals surface area contributed by atoms with E-state index in [9.17, 15) is 17.6 Å². The molecule has 0 heterocycles. The van der Waals surface area contributed by atoms with Crippen LogP contribution in [0.2, 0.25) is 0 Å². The summed E-state index contributed by atoms with van der Waals surface area (Å²) < 4.78 is 45.5. The van der Waals surface area contributed by atoms with Gasteiger partial charge in [0.1, 0.15) is 6.04 Å². The zero-order chi connectivity index (χ0) is 16.9. The maximum Gasteiger partial charge on any atom is 0.321 e. The van der Waals surface area contributed by atoms with E-state index in [2.05, 4.69) is 4.72 Å². The molecule has 1 aromatic rings. The van der Waals surface area contributed by atoms with Crippen LogP contribution in [0.3, 0.4) is 0 Å². The fourth-order valence-corrected chi connectivity index (χ4v) is 3.44. The molecule has 1 atom stereocenters. The fourth-order valence-electron chi connectivity index (χ4n) is 1.98. The van der Waals surface area contributed by atoms with Gasteiger partial charge in [-0.1, -0.05) is 19.8 Å². The van der Waals surface area contributed by atoms with Crippen LogP contribution in [0.15, 0.2) is 17.0 Å². The second-order valence-corrected chi connectivity index (χ2v) is 6.54. The van der Waals surface area contributed by atoms with Crippen molar-refractivity contribution in [1.29, 1.82) is 0 Å². The van der Waals surface area contributed by atoms with Gasteiger partial charge in [-0.05, 0) is 25.5 Å². The molecular weight excluding hydrogens is 313 g/mol. The zero-order valence-corrected chi connectivity index (χ0v) is 13.5. The number of carboxylic acids is 1. The molecule has 2 N–H and O–H groups in total. The Labute approximate surface area is 129 Å². The summed E-state index contributed by atoms with van der Waals surface area (Å²) >= 11 is 0. The van der Waals surface area contributed by atoms with Crippen molar-refractivity contribution in [3.05, 3.63) is 23.5 Å². The van der Waals surface area contributed by atoms with Gasteiger partial charge in [-0.3, -0.25) is 4.79 Å². The number of unbranched alkanes of at least 4 members (excludes halogenated alkanes) is 1. The Morgan fingerprint density at radius 3 is 2.59 bits per heavy atom. The van der Waals surface area contributed by atoms with E-state index in [4.69, 9.17) is 9.84 Å². The largest absolute Gasteiger partial charge is 0.494 e. The number of ether oxygens (including phenoxy) is 1. The molecule has 1 rings (SSSR count). The SMILES string of the molecule is CCCC[C@H](NS(=O)(=O)c1ccc(OC)c(F)c1C)C(=O)O. The van der Waals surface area contributed by atoms with Crippen LogP contribution in [0.5, 0.6) is 5.75 Å². The molecule has 0 aliphatic heterocycles. The van der Waals surface area contributed by atoms with Crippen LogP contribution < -0.4 is 9.46 Å². The Hall–Kier alpha value is -1.67. The second kappa shape index (κ2) is 7.55. The van der Waals surface area contributed by atoms with Gasteiger partial charge in [0.2, 0.25) is 10.0 Å². The third kappa shape index (κ3) is 4.17. The van der Waals surface area contributed by atoms with Gasteiger partial charge < -0.3 is 9.84 Å². The number of rotatable bonds is 8. The number of methoxy groups -OCH3 is 1. The highest BCUT2D eigenvalue weighted by atomic mass is 32.2. The van der Waals surface area contributed by atoms with Crippen molar-refractivity contribution >= 4 is 16.0 Å². The van der Waals surface area contributed by atoms with Crippen molar-refractivity contribution in [3.63, 3.8) is 0 Å². The first-order chi connectivity index (χ1) is 10.2. The maximum atomic E-state index is 14.0. The normalized spacial score (nSPS) is 12.9. The first-order valence-electron chi connectivity index (χ1n) is 6.82. The summed E-state index contributed by atoms with van der Waals surface area (Å²) in [5.74, 6) is -2.12. The monoisotopic (exact) mass is 333 g/mol. The molecule has 8 heteroatoms. The lowest BCUT2D eigenvalue weighted by molar-refractivity contribution is -0.139. The highest BCUT2D eigenvalue weighted by molar-refractivity contribution is 7.89. The van der Waals surface area contributed by atoms with Crippen molar-refractivity contribution in [2.45, 2.75) is 44.0 Å². The topological polar surface area (TPSA) is 92.7 Å². The predicted molar refractivity (Wildman–Crippen MR) is 79.0 cm³/mol. The van der Waals surface area contributed by atoms with E-state index < -0.39 is 27.9 Å². The van der Waals surface area contributed by atoms with Gasteiger partial charge in [-0.25, -0.2) is 12.8 Å². The van der Waals surface area contributed by atoms with E-state index in [-0.39, 0.29) is 22.6 Å². The van der Waals surface area contributed by atoms with Crippen LogP contribution in [-0.4, -0.2) is 32.6 Å². The number of sulfonamides is 1. The van der Waals surface area contributed by atoms with Crippen LogP contribution in [0.4, 0.5) is 4.39 Å². The van der Waals surface area contributed by atoms with Gasteiger partial charge in [0.05, 0.1) is 12.0 Å². The molecule has 0 saturated carbocycles. The summed E-state index contributed by atoms with van der Waals surface area (Å²) in [6, 6.07) is 1.14. The van der Waals surface area contributed by atoms with E-state index in [1.54, 1.807) is 0 Å². The highest BCUT2D eigenvalue weighted by Crippen LogP contribution is 2.26. The van der Waals surface area contributed by atoms with Crippen LogP contribution in [0, 0.1) is 12.7 Å². The number of carboxylic acid groups (broad SMARTS) is 1. The third-order valence-electron chi connectivity index (χ3n) is 3.25. The average molecular weight is 333 g/mol. The Balaban J connectivity index is 3.13. The maximum absolute atomic E-state index is 14.0. The Kier molecular flexibility index (Phi) is 6.31. The van der Waals surface area contributed by atoms with E-state index in [1.807, 2.05) is 6.92 Å². The lowest BCUT2D eigenvalue weighted by Gasteiger charge is -2.16. The van der Waals surface area contributed by atoms with E-state index in [0.29, 0.717) is 6.42 Å². The molecule has 0 saturated heterocycles. The summed E-state index contributed by atoms with van der Waals surface area (Å²) in [7, 11) is -2.87. The summed E-state index contributed by atoms with van der Waals surface area (Å²) in [6.45, 7) is 3.17. The first kappa shape index (κ1) is 18.4. The molecule has 0 unspecified atom stereocenters. The third-order valence-corrected chi connectivity index (χ3v) is 4.87. The summed E-state index contributed by atoms with van der Waals surface area (Å²) in [5.41, 5.74) is -0.119. The minimum atomic E-state index is -4.14. The number of carbonyl (C=O) groups is 1. The predicted octanol–water partition coefficient (Wildman–Crippen LogP) is 2.06. The van der Waals surface area contributed by atoms with Crippen molar-refractivity contribution in [2.75, 3.05) is 7.11 Å². The minimum Gasteiger partial charge on any atom is -0.494 e. The first-order valence-corrected chi connectivity index (χ1v) is 8.31. The van der Waals surface area contributed by atoms with Gasteiger partial charge in [-0.2, -0.15) is 4.72 Å². The zero-order valence-electron chi connectivity index (χ0n) is 12.7. The van der Waals surface area contributed by atoms with E-state index >= 15 is 0 Å². The fraction of sp³-hybridized carbons (Fsp3) is 0.500. The Morgan fingerprint density at radius 1 is 1.45 bits per heavy atom. The van der Waals surface area contributed by atoms with Crippen LogP contribution in [0.25, 0.3) is 0 Å². The van der Waals surface area contributed by atoms with Crippen molar-refractivity contribution < 1.29 is 27.4 Å². The minimum absolute atomic E-state index is 0.0720. The molecule has 0 bridgehead atoms. The molecule has 22 heavy (non-hydrogen) atoms. The molecule has 0 aliphatic carbocycles. The van der Waals surface area contributed by atoms with Gasteiger partial charge in [-0.15, -0.1) is 0 Å². The molecular formula is C14H20FNO5S. The van der Waals surface area contributed by atoms with E-state index in [0.717, 1.165) is 6.42 Å². The van der Waals surface area contributed by atoms with E-state index in [1.165, 1.54) is 26.2 Å². The van der Waals surface area contributed by atoms with Crippen LogP contribution in [-0.2, 0) is 14.8 Å². The lowest BCUT2D eigenvalue weighted by Crippen LogP contribution is -2.40. The molecule has 1 aromatic carbocycles. The summed E-state index contributed by atoms with van der Waals surface area (Å²) in [6.07, 6.45) is 1.47. The quantitative estimate of drug-likeness (QED) is 0.760. The van der Waals surface area contributed by atoms with Gasteiger partial charge in [0.15, 0.2) is 11.6 Å². The van der Waals surface area contributed by atoms with Crippen LogP contribution >= 0.6 is 0 Å². The molecule has 124 valence electrons. The molecule has 6 nitrogen and oxygen atoms in total. The molecule has 0 aromatic heterocycles. The average Bonchev–Trinajstić information content (AvgIpc) is 2.45. The highest BCUT2D eigenvalue weighted by Gasteiger charge is 2.27. The number of aliphatic carboxylic acids is 1. The van der Waals surface area contributed by atoms with Crippen molar-refractivity contribution in [1.82, 2.24) is 4.72 Å². The van der Waals surface area contributed by atoms with Crippen molar-refractivity contribution in [3.8, 4) is 5.75 Å². The Morgan fingerprint density at radius 2 is 2.09 bits per heavy atom. The number of benzene rings is 1. The smallest absolute Gasteiger partial charge is 0.321 e. The molecule has 0 radical (unpaired) electrons. The Bertz CT molecular complexity index is 645. The summed E-state index contributed by atoms with van der Waals surface area (Å²) in [4.78, 5) is 10.8. The molecule has 0 fully saturated rings. The van der Waals surface area contributed by atoms with Gasteiger partial charge in [0.25, 0.3) is 0 Å². The standard InChI is InChI=1S/C14H20FNO5S/c1-4-5-6-10(14(17)18)16-22(19,20)12-8-7-11(21-3)13(15)9(12)2/h7-8,10,16H,4-6H2,1-3H3,(H,17,18)/t10-/m0/s1. The number of hydrogen-bond donors (Lipinski definition) is 2. The van der Waals surface area contributed by atoms with Gasteiger partial charge >= 0.3 is 5.97 Å².